The van der Waals surface area contributed by atoms with E-state index in [4.69, 9.17) is 5.10 Å². The van der Waals surface area contributed by atoms with Gasteiger partial charge in [-0.25, -0.2) is 9.45 Å². The van der Waals surface area contributed by atoms with E-state index in [-0.39, 0.29) is 0 Å². The number of rotatable bonds is 6. The highest BCUT2D eigenvalue weighted by molar-refractivity contribution is 8.15. The van der Waals surface area contributed by atoms with E-state index in [1.165, 1.54) is 16.3 Å². The third-order valence-electron chi connectivity index (χ3n) is 4.21. The number of hydrazone groups is 1. The van der Waals surface area contributed by atoms with Crippen molar-refractivity contribution in [2.24, 2.45) is 5.10 Å². The first-order chi connectivity index (χ1) is 12.3. The topological polar surface area (TPSA) is 22.1 Å². The van der Waals surface area contributed by atoms with Gasteiger partial charge in [0.05, 0.1) is 11.4 Å². The SMILES string of the molecule is CCCN(CCC)P1N(c2ccccc2)N=C2Sc3ccccc3N21. The quantitative estimate of drug-likeness (QED) is 0.605. The van der Waals surface area contributed by atoms with Crippen molar-refractivity contribution in [3.8, 4) is 0 Å². The molecule has 6 heteroatoms. The Morgan fingerprint density at radius 1 is 0.960 bits per heavy atom. The number of anilines is 2. The first kappa shape index (κ1) is 16.9. The van der Waals surface area contributed by atoms with Gasteiger partial charge >= 0.3 is 0 Å². The van der Waals surface area contributed by atoms with E-state index in [2.05, 4.69) is 82.6 Å². The minimum atomic E-state index is -0.712. The van der Waals surface area contributed by atoms with Crippen molar-refractivity contribution < 1.29 is 0 Å². The Morgan fingerprint density at radius 2 is 1.64 bits per heavy atom. The number of hydrogen-bond acceptors (Lipinski definition) is 5. The molecule has 0 radical (unpaired) electrons. The average Bonchev–Trinajstić information content (AvgIpc) is 3.18. The Labute approximate surface area is 155 Å². The molecule has 2 aliphatic rings. The minimum Gasteiger partial charge on any atom is -0.264 e. The minimum absolute atomic E-state index is 0.712. The monoisotopic (exact) mass is 370 g/mol. The highest BCUT2D eigenvalue weighted by Gasteiger charge is 2.45. The van der Waals surface area contributed by atoms with Gasteiger partial charge in [0, 0.05) is 18.0 Å². The summed E-state index contributed by atoms with van der Waals surface area (Å²) in [6.07, 6.45) is 2.30. The number of para-hydroxylation sites is 2. The van der Waals surface area contributed by atoms with E-state index < -0.39 is 8.37 Å². The lowest BCUT2D eigenvalue weighted by Crippen LogP contribution is -2.32. The third kappa shape index (κ3) is 3.05. The third-order valence-corrected chi connectivity index (χ3v) is 7.68. The Bertz CT molecular complexity index is 761. The molecule has 0 spiro atoms. The second kappa shape index (κ2) is 7.36. The molecule has 1 unspecified atom stereocenters. The molecule has 2 heterocycles. The molecule has 2 aromatic rings. The van der Waals surface area contributed by atoms with Crippen LogP contribution in [0.25, 0.3) is 0 Å². The van der Waals surface area contributed by atoms with E-state index in [0.29, 0.717) is 0 Å². The normalized spacial score (nSPS) is 18.5. The summed E-state index contributed by atoms with van der Waals surface area (Å²) >= 11 is 1.79. The van der Waals surface area contributed by atoms with Crippen molar-refractivity contribution in [3.05, 3.63) is 54.6 Å². The van der Waals surface area contributed by atoms with Gasteiger partial charge in [0.2, 0.25) is 8.37 Å². The fourth-order valence-electron chi connectivity index (χ4n) is 3.18. The smallest absolute Gasteiger partial charge is 0.207 e. The van der Waals surface area contributed by atoms with Gasteiger partial charge in [-0.3, -0.25) is 4.67 Å². The second-order valence-corrected chi connectivity index (χ2v) is 9.00. The van der Waals surface area contributed by atoms with Crippen LogP contribution in [0.4, 0.5) is 11.4 Å². The van der Waals surface area contributed by atoms with Crippen LogP contribution in [0.1, 0.15) is 26.7 Å². The summed E-state index contributed by atoms with van der Waals surface area (Å²) in [5.74, 6) is 0. The Morgan fingerprint density at radius 3 is 2.36 bits per heavy atom. The Balaban J connectivity index is 1.77. The zero-order valence-electron chi connectivity index (χ0n) is 14.7. The summed E-state index contributed by atoms with van der Waals surface area (Å²) < 4.78 is 7.33. The van der Waals surface area contributed by atoms with Crippen LogP contribution in [0.15, 0.2) is 64.6 Å². The molecule has 2 aromatic carbocycles. The van der Waals surface area contributed by atoms with Crippen LogP contribution in [-0.2, 0) is 0 Å². The number of nitrogens with zero attached hydrogens (tertiary/aromatic N) is 4. The molecule has 4 nitrogen and oxygen atoms in total. The zero-order chi connectivity index (χ0) is 17.2. The molecule has 130 valence electrons. The molecule has 0 bridgehead atoms. The lowest BCUT2D eigenvalue weighted by atomic mass is 10.3. The molecule has 2 aliphatic heterocycles. The molecule has 4 rings (SSSR count). The lowest BCUT2D eigenvalue weighted by Gasteiger charge is -2.37. The van der Waals surface area contributed by atoms with Crippen LogP contribution in [0.3, 0.4) is 0 Å². The summed E-state index contributed by atoms with van der Waals surface area (Å²) in [4.78, 5) is 1.31. The maximum Gasteiger partial charge on any atom is 0.207 e. The van der Waals surface area contributed by atoms with Crippen molar-refractivity contribution in [1.82, 2.24) is 4.67 Å². The van der Waals surface area contributed by atoms with Gasteiger partial charge in [0.15, 0.2) is 5.17 Å². The van der Waals surface area contributed by atoms with Gasteiger partial charge in [-0.2, -0.15) is 0 Å². The predicted octanol–water partition coefficient (Wildman–Crippen LogP) is 5.74. The fraction of sp³-hybridized carbons (Fsp3) is 0.316. The zero-order valence-corrected chi connectivity index (χ0v) is 16.4. The van der Waals surface area contributed by atoms with Gasteiger partial charge in [-0.1, -0.05) is 44.2 Å². The molecular weight excluding hydrogens is 347 g/mol. The van der Waals surface area contributed by atoms with Crippen LogP contribution in [0, 0.1) is 0 Å². The van der Waals surface area contributed by atoms with E-state index in [9.17, 15) is 0 Å². The van der Waals surface area contributed by atoms with E-state index in [1.807, 2.05) is 0 Å². The van der Waals surface area contributed by atoms with Gasteiger partial charge in [-0.05, 0) is 48.9 Å². The highest BCUT2D eigenvalue weighted by Crippen LogP contribution is 2.62. The molecule has 1 atom stereocenters. The number of fused-ring (bicyclic) bond motifs is 3. The molecule has 0 aliphatic carbocycles. The molecule has 0 aromatic heterocycles. The number of amidine groups is 1. The molecule has 0 N–H and O–H groups in total. The summed E-state index contributed by atoms with van der Waals surface area (Å²) in [5.41, 5.74) is 2.47. The first-order valence-corrected chi connectivity index (χ1v) is 10.9. The molecule has 0 saturated heterocycles. The van der Waals surface area contributed by atoms with Crippen molar-refractivity contribution in [2.45, 2.75) is 31.6 Å². The first-order valence-electron chi connectivity index (χ1n) is 8.89. The van der Waals surface area contributed by atoms with E-state index in [1.54, 1.807) is 11.8 Å². The lowest BCUT2D eigenvalue weighted by molar-refractivity contribution is 0.451. The predicted molar refractivity (Wildman–Crippen MR) is 110 cm³/mol. The fourth-order valence-corrected chi connectivity index (χ4v) is 7.05. The number of hydrogen-bond donors (Lipinski definition) is 0. The van der Waals surface area contributed by atoms with Crippen molar-refractivity contribution >= 4 is 36.7 Å². The van der Waals surface area contributed by atoms with Gasteiger partial charge < -0.3 is 0 Å². The van der Waals surface area contributed by atoms with Gasteiger partial charge in [0.1, 0.15) is 0 Å². The summed E-state index contributed by atoms with van der Waals surface area (Å²) in [5, 5.41) is 6.13. The largest absolute Gasteiger partial charge is 0.264 e. The van der Waals surface area contributed by atoms with Crippen LogP contribution in [0.2, 0.25) is 0 Å². The van der Waals surface area contributed by atoms with Crippen molar-refractivity contribution in [3.63, 3.8) is 0 Å². The van der Waals surface area contributed by atoms with Crippen LogP contribution < -0.4 is 9.45 Å². The van der Waals surface area contributed by atoms with Gasteiger partial charge in [0.25, 0.3) is 0 Å². The molecule has 0 amide bonds. The molecule has 0 saturated carbocycles. The molecular formula is C19H23N4PS. The van der Waals surface area contributed by atoms with Gasteiger partial charge in [-0.15, -0.1) is 5.10 Å². The summed E-state index contributed by atoms with van der Waals surface area (Å²) in [6.45, 7) is 6.70. The van der Waals surface area contributed by atoms with Crippen LogP contribution >= 0.6 is 20.1 Å². The molecule has 0 fully saturated rings. The Kier molecular flexibility index (Phi) is 4.98. The highest BCUT2D eigenvalue weighted by atomic mass is 32.2. The molecule has 25 heavy (non-hydrogen) atoms. The van der Waals surface area contributed by atoms with E-state index >= 15 is 0 Å². The maximum atomic E-state index is 5.03. The second-order valence-electron chi connectivity index (χ2n) is 6.11. The average molecular weight is 370 g/mol. The summed E-state index contributed by atoms with van der Waals surface area (Å²) in [7, 11) is -0.712. The van der Waals surface area contributed by atoms with Crippen LogP contribution in [-0.4, -0.2) is 22.9 Å². The standard InChI is InChI=1S/C19H23N4PS/c1-3-14-21(15-4-2)24-22-17-12-8-9-13-18(17)25-19(22)20-23(24)16-10-6-5-7-11-16/h5-13H,3-4,14-15H2,1-2H3. The van der Waals surface area contributed by atoms with Crippen molar-refractivity contribution in [2.75, 3.05) is 22.5 Å². The number of benzene rings is 2. The van der Waals surface area contributed by atoms with Crippen molar-refractivity contribution in [1.29, 1.82) is 0 Å². The Hall–Kier alpha value is -1.55. The summed E-state index contributed by atoms with van der Waals surface area (Å²) in [6, 6.07) is 19.2. The van der Waals surface area contributed by atoms with Crippen LogP contribution in [0.5, 0.6) is 0 Å². The maximum absolute atomic E-state index is 5.03. The van der Waals surface area contributed by atoms with E-state index in [0.717, 1.165) is 31.1 Å². The number of thioether (sulfide) groups is 1.